The number of aromatic nitrogens is 2. The van der Waals surface area contributed by atoms with Gasteiger partial charge < -0.3 is 5.11 Å². The molecule has 1 unspecified atom stereocenters. The molecule has 1 aromatic carbocycles. The summed E-state index contributed by atoms with van der Waals surface area (Å²) in [4.78, 5) is 20.0. The third-order valence-corrected chi connectivity index (χ3v) is 3.75. The van der Waals surface area contributed by atoms with E-state index in [4.69, 9.17) is 5.11 Å². The normalized spacial score (nSPS) is 17.5. The van der Waals surface area contributed by atoms with Crippen LogP contribution in [0, 0.1) is 5.92 Å². The van der Waals surface area contributed by atoms with Crippen LogP contribution in [0.15, 0.2) is 36.5 Å². The molecule has 4 nitrogen and oxygen atoms in total. The average Bonchev–Trinajstić information content (AvgIpc) is 2.47. The minimum absolute atomic E-state index is 0.286. The van der Waals surface area contributed by atoms with Crippen LogP contribution in [-0.4, -0.2) is 21.0 Å². The number of carboxylic acids is 1. The maximum atomic E-state index is 11.0. The van der Waals surface area contributed by atoms with Gasteiger partial charge in [0.05, 0.1) is 5.92 Å². The predicted molar refractivity (Wildman–Crippen MR) is 74.4 cm³/mol. The van der Waals surface area contributed by atoms with Crippen LogP contribution in [0.1, 0.15) is 29.1 Å². The summed E-state index contributed by atoms with van der Waals surface area (Å²) in [6.07, 6.45) is 4.48. The molecular formula is C16H16N2O2. The van der Waals surface area contributed by atoms with Gasteiger partial charge in [0.25, 0.3) is 0 Å². The van der Waals surface area contributed by atoms with E-state index in [9.17, 15) is 4.79 Å². The summed E-state index contributed by atoms with van der Waals surface area (Å²) < 4.78 is 0. The van der Waals surface area contributed by atoms with Crippen molar-refractivity contribution in [3.63, 3.8) is 0 Å². The maximum absolute atomic E-state index is 11.0. The van der Waals surface area contributed by atoms with Crippen LogP contribution in [0.2, 0.25) is 0 Å². The number of rotatable bonds is 3. The largest absolute Gasteiger partial charge is 0.481 e. The van der Waals surface area contributed by atoms with Crippen molar-refractivity contribution in [2.45, 2.75) is 25.7 Å². The molecule has 102 valence electrons. The first kappa shape index (κ1) is 12.8. The van der Waals surface area contributed by atoms with E-state index in [2.05, 4.69) is 22.1 Å². The SMILES string of the molecule is O=C(O)C1CCc2nc(Cc3ccccc3)ncc2C1. The van der Waals surface area contributed by atoms with E-state index in [1.165, 1.54) is 5.56 Å². The molecule has 1 aromatic heterocycles. The van der Waals surface area contributed by atoms with Crippen molar-refractivity contribution in [1.82, 2.24) is 9.97 Å². The van der Waals surface area contributed by atoms with Gasteiger partial charge in [-0.3, -0.25) is 4.79 Å². The van der Waals surface area contributed by atoms with E-state index in [-0.39, 0.29) is 5.92 Å². The number of benzene rings is 1. The Hall–Kier alpha value is -2.23. The van der Waals surface area contributed by atoms with E-state index in [1.807, 2.05) is 18.2 Å². The van der Waals surface area contributed by atoms with Crippen molar-refractivity contribution >= 4 is 5.97 Å². The van der Waals surface area contributed by atoms with Crippen LogP contribution >= 0.6 is 0 Å². The highest BCUT2D eigenvalue weighted by Crippen LogP contribution is 2.24. The Kier molecular flexibility index (Phi) is 3.46. The van der Waals surface area contributed by atoms with Crippen molar-refractivity contribution in [3.05, 3.63) is 59.2 Å². The Balaban J connectivity index is 1.79. The van der Waals surface area contributed by atoms with E-state index >= 15 is 0 Å². The highest BCUT2D eigenvalue weighted by Gasteiger charge is 2.25. The Morgan fingerprint density at radius 1 is 1.30 bits per heavy atom. The van der Waals surface area contributed by atoms with Gasteiger partial charge >= 0.3 is 5.97 Å². The quantitative estimate of drug-likeness (QED) is 0.927. The minimum Gasteiger partial charge on any atom is -0.481 e. The summed E-state index contributed by atoms with van der Waals surface area (Å²) in [5.74, 6) is -0.196. The number of carbonyl (C=O) groups is 1. The van der Waals surface area contributed by atoms with Gasteiger partial charge in [-0.15, -0.1) is 0 Å². The molecule has 0 saturated carbocycles. The molecule has 0 radical (unpaired) electrons. The summed E-state index contributed by atoms with van der Waals surface area (Å²) in [6, 6.07) is 10.1. The average molecular weight is 268 g/mol. The summed E-state index contributed by atoms with van der Waals surface area (Å²) in [5.41, 5.74) is 3.19. The number of nitrogens with zero attached hydrogens (tertiary/aromatic N) is 2. The summed E-state index contributed by atoms with van der Waals surface area (Å²) in [7, 11) is 0. The van der Waals surface area contributed by atoms with Crippen LogP contribution in [-0.2, 0) is 24.1 Å². The van der Waals surface area contributed by atoms with Crippen molar-refractivity contribution in [1.29, 1.82) is 0 Å². The molecule has 2 aromatic rings. The molecule has 0 fully saturated rings. The van der Waals surface area contributed by atoms with Crippen molar-refractivity contribution in [2.75, 3.05) is 0 Å². The van der Waals surface area contributed by atoms with Crippen LogP contribution in [0.25, 0.3) is 0 Å². The van der Waals surface area contributed by atoms with E-state index in [0.717, 1.165) is 29.9 Å². The molecule has 1 aliphatic rings. The first-order valence-electron chi connectivity index (χ1n) is 6.83. The van der Waals surface area contributed by atoms with Crippen LogP contribution in [0.5, 0.6) is 0 Å². The zero-order valence-electron chi connectivity index (χ0n) is 11.1. The molecule has 3 rings (SSSR count). The lowest BCUT2D eigenvalue weighted by molar-refractivity contribution is -0.142. The molecule has 1 N–H and O–H groups in total. The van der Waals surface area contributed by atoms with E-state index in [1.54, 1.807) is 6.20 Å². The molecule has 1 atom stereocenters. The lowest BCUT2D eigenvalue weighted by Gasteiger charge is -2.20. The smallest absolute Gasteiger partial charge is 0.306 e. The van der Waals surface area contributed by atoms with Gasteiger partial charge in [0.15, 0.2) is 0 Å². The maximum Gasteiger partial charge on any atom is 0.306 e. The summed E-state index contributed by atoms with van der Waals surface area (Å²) in [5, 5.41) is 9.07. The number of hydrogen-bond donors (Lipinski definition) is 1. The molecule has 1 heterocycles. The first-order chi connectivity index (χ1) is 9.72. The number of fused-ring (bicyclic) bond motifs is 1. The highest BCUT2D eigenvalue weighted by molar-refractivity contribution is 5.70. The van der Waals surface area contributed by atoms with Gasteiger partial charge in [-0.1, -0.05) is 30.3 Å². The second kappa shape index (κ2) is 5.41. The fourth-order valence-electron chi connectivity index (χ4n) is 2.62. The van der Waals surface area contributed by atoms with Gasteiger partial charge in [-0.05, 0) is 30.4 Å². The van der Waals surface area contributed by atoms with Crippen LogP contribution in [0.4, 0.5) is 0 Å². The first-order valence-corrected chi connectivity index (χ1v) is 6.83. The summed E-state index contributed by atoms with van der Waals surface area (Å²) >= 11 is 0. The summed E-state index contributed by atoms with van der Waals surface area (Å²) in [6.45, 7) is 0. The minimum atomic E-state index is -0.719. The second-order valence-corrected chi connectivity index (χ2v) is 5.20. The molecule has 0 spiro atoms. The van der Waals surface area contributed by atoms with E-state index < -0.39 is 5.97 Å². The van der Waals surface area contributed by atoms with Crippen molar-refractivity contribution in [2.24, 2.45) is 5.92 Å². The molecule has 0 aliphatic heterocycles. The molecule has 0 saturated heterocycles. The fourth-order valence-corrected chi connectivity index (χ4v) is 2.62. The third kappa shape index (κ3) is 2.69. The van der Waals surface area contributed by atoms with Crippen molar-refractivity contribution < 1.29 is 9.90 Å². The molecule has 4 heteroatoms. The zero-order chi connectivity index (χ0) is 13.9. The van der Waals surface area contributed by atoms with Crippen molar-refractivity contribution in [3.8, 4) is 0 Å². The molecule has 20 heavy (non-hydrogen) atoms. The van der Waals surface area contributed by atoms with Gasteiger partial charge in [0.2, 0.25) is 0 Å². The van der Waals surface area contributed by atoms with Gasteiger partial charge in [-0.25, -0.2) is 9.97 Å². The molecular weight excluding hydrogens is 252 g/mol. The van der Waals surface area contributed by atoms with Gasteiger partial charge in [0.1, 0.15) is 5.82 Å². The number of hydrogen-bond acceptors (Lipinski definition) is 3. The lowest BCUT2D eigenvalue weighted by atomic mass is 9.87. The Morgan fingerprint density at radius 3 is 2.85 bits per heavy atom. The Morgan fingerprint density at radius 2 is 2.10 bits per heavy atom. The topological polar surface area (TPSA) is 63.1 Å². The van der Waals surface area contributed by atoms with Crippen LogP contribution in [0.3, 0.4) is 0 Å². The highest BCUT2D eigenvalue weighted by atomic mass is 16.4. The molecule has 1 aliphatic carbocycles. The molecule has 0 bridgehead atoms. The van der Waals surface area contributed by atoms with Crippen LogP contribution < -0.4 is 0 Å². The predicted octanol–water partition coefficient (Wildman–Crippen LogP) is 2.26. The monoisotopic (exact) mass is 268 g/mol. The number of aliphatic carboxylic acids is 1. The van der Waals surface area contributed by atoms with Gasteiger partial charge in [0, 0.05) is 18.3 Å². The lowest BCUT2D eigenvalue weighted by Crippen LogP contribution is -2.23. The standard InChI is InChI=1S/C16H16N2O2/c19-16(20)12-6-7-14-13(9-12)10-17-15(18-14)8-11-4-2-1-3-5-11/h1-5,10,12H,6-9H2,(H,19,20). The fraction of sp³-hybridized carbons (Fsp3) is 0.312. The third-order valence-electron chi connectivity index (χ3n) is 3.75. The van der Waals surface area contributed by atoms with Gasteiger partial charge in [-0.2, -0.15) is 0 Å². The Bertz CT molecular complexity index is 626. The Labute approximate surface area is 117 Å². The number of carboxylic acid groups (broad SMARTS) is 1. The second-order valence-electron chi connectivity index (χ2n) is 5.20. The van der Waals surface area contributed by atoms with E-state index in [0.29, 0.717) is 12.8 Å². The zero-order valence-corrected chi connectivity index (χ0v) is 11.1. The molecule has 0 amide bonds. The number of aryl methyl sites for hydroxylation is 1.